The molecule has 0 saturated heterocycles. The zero-order valence-corrected chi connectivity index (χ0v) is 13.0. The second kappa shape index (κ2) is 6.11. The third kappa shape index (κ3) is 2.68. The summed E-state index contributed by atoms with van der Waals surface area (Å²) in [6.45, 7) is -0.377. The van der Waals surface area contributed by atoms with Gasteiger partial charge in [0.2, 0.25) is 0 Å². The van der Waals surface area contributed by atoms with E-state index in [-0.39, 0.29) is 17.9 Å². The highest BCUT2D eigenvalue weighted by Gasteiger charge is 2.21. The maximum atomic E-state index is 14.1. The minimum Gasteiger partial charge on any atom is -0.391 e. The van der Waals surface area contributed by atoms with Crippen LogP contribution in [0.2, 0.25) is 0 Å². The van der Waals surface area contributed by atoms with Gasteiger partial charge in [0, 0.05) is 11.6 Å². The van der Waals surface area contributed by atoms with E-state index in [4.69, 9.17) is 4.52 Å². The molecule has 0 unspecified atom stereocenters. The Morgan fingerprint density at radius 3 is 2.48 bits per heavy atom. The van der Waals surface area contributed by atoms with Crippen molar-refractivity contribution >= 4 is 10.8 Å². The summed E-state index contributed by atoms with van der Waals surface area (Å²) < 4.78 is 32.5. The molecule has 0 radical (unpaired) electrons. The number of fused-ring (bicyclic) bond motifs is 1. The minimum atomic E-state index is -0.768. The van der Waals surface area contributed by atoms with E-state index in [1.165, 1.54) is 6.07 Å². The lowest BCUT2D eigenvalue weighted by atomic mass is 10.00. The van der Waals surface area contributed by atoms with Crippen LogP contribution in [-0.4, -0.2) is 10.3 Å². The van der Waals surface area contributed by atoms with Crippen LogP contribution < -0.4 is 0 Å². The highest BCUT2D eigenvalue weighted by molar-refractivity contribution is 5.87. The Labute approximate surface area is 142 Å². The van der Waals surface area contributed by atoms with Crippen LogP contribution in [0.3, 0.4) is 0 Å². The Morgan fingerprint density at radius 2 is 1.72 bits per heavy atom. The van der Waals surface area contributed by atoms with E-state index in [1.807, 2.05) is 42.5 Å². The molecule has 1 N–H and O–H groups in total. The fraction of sp³-hybridized carbons (Fsp3) is 0.0500. The average molecular weight is 337 g/mol. The quantitative estimate of drug-likeness (QED) is 0.576. The molecule has 0 spiro atoms. The highest BCUT2D eigenvalue weighted by Crippen LogP contribution is 2.34. The monoisotopic (exact) mass is 337 g/mol. The summed E-state index contributed by atoms with van der Waals surface area (Å²) in [4.78, 5) is 0. The minimum absolute atomic E-state index is 0.0602. The molecule has 0 atom stereocenters. The van der Waals surface area contributed by atoms with Gasteiger partial charge in [-0.1, -0.05) is 41.6 Å². The van der Waals surface area contributed by atoms with E-state index in [0.717, 1.165) is 28.5 Å². The number of aromatic nitrogens is 1. The molecule has 1 heterocycles. The van der Waals surface area contributed by atoms with Crippen LogP contribution in [0.1, 0.15) is 5.56 Å². The first kappa shape index (κ1) is 15.5. The van der Waals surface area contributed by atoms with Gasteiger partial charge in [-0.3, -0.25) is 0 Å². The molecule has 0 aliphatic heterocycles. The van der Waals surface area contributed by atoms with Gasteiger partial charge in [-0.15, -0.1) is 0 Å². The lowest BCUT2D eigenvalue weighted by Gasteiger charge is -2.04. The Hall–Kier alpha value is -3.05. The standard InChI is InChI=1S/C20H13F2NO2/c21-15-7-8-16(18(22)10-15)20-17(11-24)19(23-25-20)14-6-5-12-3-1-2-4-13(12)9-14/h1-10,24H,11H2. The van der Waals surface area contributed by atoms with Gasteiger partial charge < -0.3 is 9.63 Å². The largest absolute Gasteiger partial charge is 0.391 e. The summed E-state index contributed by atoms with van der Waals surface area (Å²) in [6.07, 6.45) is 0. The molecule has 3 nitrogen and oxygen atoms in total. The molecule has 0 fully saturated rings. The molecule has 4 aromatic rings. The summed E-state index contributed by atoms with van der Waals surface area (Å²) in [5, 5.41) is 15.9. The van der Waals surface area contributed by atoms with Crippen LogP contribution in [0.4, 0.5) is 8.78 Å². The van der Waals surface area contributed by atoms with Crippen molar-refractivity contribution in [2.45, 2.75) is 6.61 Å². The zero-order chi connectivity index (χ0) is 17.4. The maximum absolute atomic E-state index is 14.1. The van der Waals surface area contributed by atoms with Crippen LogP contribution in [0.25, 0.3) is 33.4 Å². The van der Waals surface area contributed by atoms with Gasteiger partial charge in [0.05, 0.1) is 17.7 Å². The van der Waals surface area contributed by atoms with Gasteiger partial charge in [-0.05, 0) is 29.0 Å². The van der Waals surface area contributed by atoms with Crippen molar-refractivity contribution in [3.63, 3.8) is 0 Å². The number of nitrogens with zero attached hydrogens (tertiary/aromatic N) is 1. The number of hydrogen-bond acceptors (Lipinski definition) is 3. The first-order valence-corrected chi connectivity index (χ1v) is 7.71. The molecule has 4 rings (SSSR count). The second-order valence-corrected chi connectivity index (χ2v) is 5.68. The zero-order valence-electron chi connectivity index (χ0n) is 13.0. The van der Waals surface area contributed by atoms with E-state index in [9.17, 15) is 13.9 Å². The molecule has 0 amide bonds. The van der Waals surface area contributed by atoms with Gasteiger partial charge in [-0.25, -0.2) is 8.78 Å². The summed E-state index contributed by atoms with van der Waals surface area (Å²) in [7, 11) is 0. The molecule has 0 aliphatic carbocycles. The molecule has 0 aliphatic rings. The summed E-state index contributed by atoms with van der Waals surface area (Å²) in [5.41, 5.74) is 1.61. The van der Waals surface area contributed by atoms with E-state index in [1.54, 1.807) is 0 Å². The molecule has 0 bridgehead atoms. The van der Waals surface area contributed by atoms with Crippen LogP contribution >= 0.6 is 0 Å². The van der Waals surface area contributed by atoms with Crippen LogP contribution in [0, 0.1) is 11.6 Å². The van der Waals surface area contributed by atoms with Crippen molar-refractivity contribution in [2.75, 3.05) is 0 Å². The predicted octanol–water partition coefficient (Wildman–Crippen LogP) is 4.93. The molecular formula is C20H13F2NO2. The normalized spacial score (nSPS) is 11.2. The number of aliphatic hydroxyl groups is 1. The van der Waals surface area contributed by atoms with Crippen molar-refractivity contribution in [1.29, 1.82) is 0 Å². The number of halogens is 2. The van der Waals surface area contributed by atoms with Crippen LogP contribution in [0.15, 0.2) is 65.2 Å². The van der Waals surface area contributed by atoms with E-state index in [0.29, 0.717) is 11.3 Å². The second-order valence-electron chi connectivity index (χ2n) is 5.68. The molecular weight excluding hydrogens is 324 g/mol. The van der Waals surface area contributed by atoms with Crippen molar-refractivity contribution in [3.05, 3.63) is 77.9 Å². The smallest absolute Gasteiger partial charge is 0.175 e. The third-order valence-electron chi connectivity index (χ3n) is 4.14. The first-order chi connectivity index (χ1) is 12.2. The maximum Gasteiger partial charge on any atom is 0.175 e. The summed E-state index contributed by atoms with van der Waals surface area (Å²) in [5.74, 6) is -1.35. The van der Waals surface area contributed by atoms with E-state index >= 15 is 0 Å². The molecule has 3 aromatic carbocycles. The van der Waals surface area contributed by atoms with Crippen molar-refractivity contribution in [1.82, 2.24) is 5.16 Å². The Kier molecular flexibility index (Phi) is 3.78. The van der Waals surface area contributed by atoms with Gasteiger partial charge in [0.15, 0.2) is 5.76 Å². The number of benzene rings is 3. The SMILES string of the molecule is OCc1c(-c2ccc3ccccc3c2)noc1-c1ccc(F)cc1F. The Balaban J connectivity index is 1.87. The van der Waals surface area contributed by atoms with E-state index in [2.05, 4.69) is 5.16 Å². The number of aliphatic hydroxyl groups excluding tert-OH is 1. The third-order valence-corrected chi connectivity index (χ3v) is 4.14. The van der Waals surface area contributed by atoms with Gasteiger partial charge in [-0.2, -0.15) is 0 Å². The lowest BCUT2D eigenvalue weighted by Crippen LogP contribution is -1.92. The van der Waals surface area contributed by atoms with Gasteiger partial charge in [0.25, 0.3) is 0 Å². The molecule has 5 heteroatoms. The van der Waals surface area contributed by atoms with Gasteiger partial charge in [0.1, 0.15) is 17.3 Å². The van der Waals surface area contributed by atoms with Crippen molar-refractivity contribution in [2.24, 2.45) is 0 Å². The average Bonchev–Trinajstić information content (AvgIpc) is 3.05. The Bertz CT molecular complexity index is 1070. The molecule has 25 heavy (non-hydrogen) atoms. The summed E-state index contributed by atoms with van der Waals surface area (Å²) in [6, 6.07) is 16.8. The first-order valence-electron chi connectivity index (χ1n) is 7.71. The highest BCUT2D eigenvalue weighted by atomic mass is 19.1. The van der Waals surface area contributed by atoms with Gasteiger partial charge >= 0.3 is 0 Å². The fourth-order valence-corrected chi connectivity index (χ4v) is 2.90. The predicted molar refractivity (Wildman–Crippen MR) is 90.7 cm³/mol. The van der Waals surface area contributed by atoms with Crippen molar-refractivity contribution in [3.8, 4) is 22.6 Å². The van der Waals surface area contributed by atoms with Crippen LogP contribution in [-0.2, 0) is 6.61 Å². The number of rotatable bonds is 3. The Morgan fingerprint density at radius 1 is 0.920 bits per heavy atom. The fourth-order valence-electron chi connectivity index (χ4n) is 2.90. The van der Waals surface area contributed by atoms with E-state index < -0.39 is 11.6 Å². The number of hydrogen-bond donors (Lipinski definition) is 1. The van der Waals surface area contributed by atoms with Crippen LogP contribution in [0.5, 0.6) is 0 Å². The lowest BCUT2D eigenvalue weighted by molar-refractivity contribution is 0.281. The molecule has 0 saturated carbocycles. The topological polar surface area (TPSA) is 46.3 Å². The van der Waals surface area contributed by atoms with Crippen molar-refractivity contribution < 1.29 is 18.4 Å². The molecule has 1 aromatic heterocycles. The summed E-state index contributed by atoms with van der Waals surface area (Å²) >= 11 is 0. The molecule has 124 valence electrons.